The van der Waals surface area contributed by atoms with Crippen LogP contribution in [0.15, 0.2) is 0 Å². The predicted molar refractivity (Wildman–Crippen MR) is 60.0 cm³/mol. The molecule has 2 rings (SSSR count). The van der Waals surface area contributed by atoms with Gasteiger partial charge >= 0.3 is 0 Å². The molecule has 0 aliphatic carbocycles. The lowest BCUT2D eigenvalue weighted by molar-refractivity contribution is -0.180. The van der Waals surface area contributed by atoms with Gasteiger partial charge in [-0.1, -0.05) is 20.8 Å². The highest BCUT2D eigenvalue weighted by atomic mass is 16.5. The van der Waals surface area contributed by atoms with E-state index in [1.807, 2.05) is 0 Å². The van der Waals surface area contributed by atoms with E-state index < -0.39 is 0 Å². The Morgan fingerprint density at radius 3 is 2.67 bits per heavy atom. The van der Waals surface area contributed by atoms with Crippen LogP contribution in [0.5, 0.6) is 0 Å². The van der Waals surface area contributed by atoms with Crippen molar-refractivity contribution in [2.75, 3.05) is 26.4 Å². The molecule has 0 bridgehead atoms. The molecule has 0 aromatic carbocycles. The molecule has 3 nitrogen and oxygen atoms in total. The largest absolute Gasteiger partial charge is 0.378 e. The molecular formula is C12H23NO2. The van der Waals surface area contributed by atoms with Crippen LogP contribution in [-0.4, -0.2) is 38.0 Å². The van der Waals surface area contributed by atoms with Crippen molar-refractivity contribution < 1.29 is 9.47 Å². The van der Waals surface area contributed by atoms with Gasteiger partial charge in [-0.3, -0.25) is 0 Å². The Morgan fingerprint density at radius 1 is 1.27 bits per heavy atom. The highest BCUT2D eigenvalue weighted by Crippen LogP contribution is 2.37. The first kappa shape index (κ1) is 11.4. The predicted octanol–water partition coefficient (Wildman–Crippen LogP) is 1.57. The topological polar surface area (TPSA) is 30.5 Å². The lowest BCUT2D eigenvalue weighted by Gasteiger charge is -2.51. The minimum absolute atomic E-state index is 0.0747. The summed E-state index contributed by atoms with van der Waals surface area (Å²) in [6, 6.07) is 0.402. The third-order valence-electron chi connectivity index (χ3n) is 3.47. The highest BCUT2D eigenvalue weighted by Gasteiger charge is 2.48. The highest BCUT2D eigenvalue weighted by molar-refractivity contribution is 5.02. The molecule has 88 valence electrons. The van der Waals surface area contributed by atoms with Crippen LogP contribution in [0.3, 0.4) is 0 Å². The number of nitrogens with one attached hydrogen (secondary N) is 1. The van der Waals surface area contributed by atoms with E-state index in [0.29, 0.717) is 6.04 Å². The average molecular weight is 213 g/mol. The van der Waals surface area contributed by atoms with E-state index in [2.05, 4.69) is 26.1 Å². The zero-order chi connectivity index (χ0) is 10.9. The molecule has 2 atom stereocenters. The molecule has 2 fully saturated rings. The van der Waals surface area contributed by atoms with Crippen LogP contribution in [0.4, 0.5) is 0 Å². The maximum Gasteiger partial charge on any atom is 0.107 e. The van der Waals surface area contributed by atoms with Crippen molar-refractivity contribution in [3.8, 4) is 0 Å². The molecule has 0 aromatic rings. The van der Waals surface area contributed by atoms with Gasteiger partial charge in [0.1, 0.15) is 5.60 Å². The Bertz CT molecular complexity index is 208. The van der Waals surface area contributed by atoms with Gasteiger partial charge in [0.15, 0.2) is 0 Å². The van der Waals surface area contributed by atoms with Crippen molar-refractivity contribution in [3.63, 3.8) is 0 Å². The van der Waals surface area contributed by atoms with Crippen LogP contribution in [0.25, 0.3) is 0 Å². The van der Waals surface area contributed by atoms with Crippen LogP contribution in [0, 0.1) is 5.41 Å². The van der Waals surface area contributed by atoms with Gasteiger partial charge in [0.25, 0.3) is 0 Å². The Balaban J connectivity index is 2.17. The summed E-state index contributed by atoms with van der Waals surface area (Å²) >= 11 is 0. The minimum Gasteiger partial charge on any atom is -0.378 e. The zero-order valence-corrected chi connectivity index (χ0v) is 10.1. The molecule has 0 saturated carbocycles. The standard InChI is InChI=1S/C12H23NO2/c1-11(2,3)10-12(15-8-6-13-10)5-4-7-14-9-12/h10,13H,4-9H2,1-3H3. The molecule has 3 heteroatoms. The number of morpholine rings is 1. The second-order valence-electron chi connectivity index (χ2n) is 5.82. The third-order valence-corrected chi connectivity index (χ3v) is 3.47. The molecule has 2 aliphatic rings. The van der Waals surface area contributed by atoms with E-state index in [0.717, 1.165) is 39.2 Å². The van der Waals surface area contributed by atoms with Crippen LogP contribution >= 0.6 is 0 Å². The van der Waals surface area contributed by atoms with E-state index >= 15 is 0 Å². The van der Waals surface area contributed by atoms with Crippen molar-refractivity contribution in [1.29, 1.82) is 0 Å². The Kier molecular flexibility index (Phi) is 3.06. The number of ether oxygens (including phenoxy) is 2. The van der Waals surface area contributed by atoms with Gasteiger partial charge in [-0.15, -0.1) is 0 Å². The quantitative estimate of drug-likeness (QED) is 0.662. The Hall–Kier alpha value is -0.120. The van der Waals surface area contributed by atoms with Gasteiger partial charge in [-0.25, -0.2) is 0 Å². The summed E-state index contributed by atoms with van der Waals surface area (Å²) in [7, 11) is 0. The minimum atomic E-state index is -0.0747. The van der Waals surface area contributed by atoms with E-state index in [-0.39, 0.29) is 11.0 Å². The number of rotatable bonds is 0. The van der Waals surface area contributed by atoms with Gasteiger partial charge < -0.3 is 14.8 Å². The summed E-state index contributed by atoms with van der Waals surface area (Å²) in [5, 5.41) is 3.61. The van der Waals surface area contributed by atoms with Gasteiger partial charge in [-0.2, -0.15) is 0 Å². The van der Waals surface area contributed by atoms with Crippen molar-refractivity contribution in [2.45, 2.75) is 45.3 Å². The molecule has 1 spiro atoms. The van der Waals surface area contributed by atoms with Crippen molar-refractivity contribution in [3.05, 3.63) is 0 Å². The van der Waals surface area contributed by atoms with Crippen LogP contribution in [0.2, 0.25) is 0 Å². The fraction of sp³-hybridized carbons (Fsp3) is 1.00. The second-order valence-corrected chi connectivity index (χ2v) is 5.82. The molecule has 0 amide bonds. The number of hydrogen-bond donors (Lipinski definition) is 1. The maximum absolute atomic E-state index is 6.06. The smallest absolute Gasteiger partial charge is 0.107 e. The molecular weight excluding hydrogens is 190 g/mol. The monoisotopic (exact) mass is 213 g/mol. The average Bonchev–Trinajstić information content (AvgIpc) is 2.18. The van der Waals surface area contributed by atoms with Crippen molar-refractivity contribution in [2.24, 2.45) is 5.41 Å². The van der Waals surface area contributed by atoms with Crippen molar-refractivity contribution in [1.82, 2.24) is 5.32 Å². The number of hydrogen-bond acceptors (Lipinski definition) is 3. The second kappa shape index (κ2) is 4.04. The van der Waals surface area contributed by atoms with Gasteiger partial charge in [0.05, 0.1) is 13.2 Å². The maximum atomic E-state index is 6.06. The molecule has 2 unspecified atom stereocenters. The molecule has 2 aliphatic heterocycles. The fourth-order valence-corrected chi connectivity index (χ4v) is 2.95. The van der Waals surface area contributed by atoms with Crippen LogP contribution in [-0.2, 0) is 9.47 Å². The normalized spacial score (nSPS) is 38.2. The lowest BCUT2D eigenvalue weighted by Crippen LogP contribution is -2.66. The molecule has 2 saturated heterocycles. The van der Waals surface area contributed by atoms with Crippen molar-refractivity contribution >= 4 is 0 Å². The first-order chi connectivity index (χ1) is 7.05. The molecule has 0 aromatic heterocycles. The summed E-state index contributed by atoms with van der Waals surface area (Å²) in [5.41, 5.74) is 0.149. The Labute approximate surface area is 92.5 Å². The summed E-state index contributed by atoms with van der Waals surface area (Å²) in [5.74, 6) is 0. The molecule has 1 N–H and O–H groups in total. The summed E-state index contributed by atoms with van der Waals surface area (Å²) < 4.78 is 11.7. The molecule has 15 heavy (non-hydrogen) atoms. The SMILES string of the molecule is CC(C)(C)C1NCCOC12CCCOC2. The molecule has 2 heterocycles. The van der Waals surface area contributed by atoms with Gasteiger partial charge in [-0.05, 0) is 18.3 Å². The van der Waals surface area contributed by atoms with E-state index in [1.54, 1.807) is 0 Å². The summed E-state index contributed by atoms with van der Waals surface area (Å²) in [4.78, 5) is 0. The van der Waals surface area contributed by atoms with Crippen LogP contribution in [0.1, 0.15) is 33.6 Å². The summed E-state index contributed by atoms with van der Waals surface area (Å²) in [6.07, 6.45) is 2.25. The van der Waals surface area contributed by atoms with Crippen LogP contribution < -0.4 is 5.32 Å². The summed E-state index contributed by atoms with van der Waals surface area (Å²) in [6.45, 7) is 10.2. The van der Waals surface area contributed by atoms with E-state index in [9.17, 15) is 0 Å². The molecule has 0 radical (unpaired) electrons. The Morgan fingerprint density at radius 2 is 2.07 bits per heavy atom. The fourth-order valence-electron chi connectivity index (χ4n) is 2.95. The zero-order valence-electron chi connectivity index (χ0n) is 10.1. The van der Waals surface area contributed by atoms with Gasteiger partial charge in [0.2, 0.25) is 0 Å². The van der Waals surface area contributed by atoms with Gasteiger partial charge in [0, 0.05) is 19.2 Å². The van der Waals surface area contributed by atoms with E-state index in [4.69, 9.17) is 9.47 Å². The first-order valence-corrected chi connectivity index (χ1v) is 6.00. The lowest BCUT2D eigenvalue weighted by atomic mass is 9.73. The third kappa shape index (κ3) is 2.19. The first-order valence-electron chi connectivity index (χ1n) is 6.00. The van der Waals surface area contributed by atoms with E-state index in [1.165, 1.54) is 0 Å².